The number of halogens is 6. The monoisotopic (exact) mass is 723 g/mol. The maximum Gasteiger partial charge on any atom is 0.405 e. The van der Waals surface area contributed by atoms with E-state index in [9.17, 15) is 45.9 Å². The van der Waals surface area contributed by atoms with Crippen LogP contribution in [0.15, 0.2) is 78.9 Å². The molecule has 50 heavy (non-hydrogen) atoms. The first-order valence-electron chi connectivity index (χ1n) is 15.3. The van der Waals surface area contributed by atoms with Gasteiger partial charge in [-0.2, -0.15) is 22.0 Å². The molecule has 0 heterocycles. The van der Waals surface area contributed by atoms with Gasteiger partial charge in [-0.15, -0.1) is 0 Å². The number of ether oxygens (including phenoxy) is 1. The van der Waals surface area contributed by atoms with Crippen LogP contribution in [0.3, 0.4) is 0 Å². The van der Waals surface area contributed by atoms with Crippen molar-refractivity contribution in [1.82, 2.24) is 16.0 Å². The van der Waals surface area contributed by atoms with Gasteiger partial charge in [-0.25, -0.2) is 0 Å². The van der Waals surface area contributed by atoms with Gasteiger partial charge in [-0.3, -0.25) is 24.0 Å². The molecule has 0 aliphatic carbocycles. The Balaban J connectivity index is 1.95. The van der Waals surface area contributed by atoms with Crippen LogP contribution in [0.2, 0.25) is 5.02 Å². The molecule has 3 rings (SSSR count). The molecule has 3 aromatic rings. The zero-order chi connectivity index (χ0) is 37.2. The van der Waals surface area contributed by atoms with E-state index in [1.807, 2.05) is 0 Å². The second kappa shape index (κ2) is 17.2. The SMILES string of the molecule is COc1ccc([C@H](NC(=O)[C@H](Cc2cccc(Cl)c2)NC(=O)c2ccccc2)C(=O)C[C@H](C(=O)C(F)(F)C(=O)NCC(F)(F)F)C(C)C)cc1. The minimum absolute atomic E-state index is 0.0825. The van der Waals surface area contributed by atoms with Crippen LogP contribution in [-0.4, -0.2) is 61.1 Å². The molecule has 0 radical (unpaired) electrons. The summed E-state index contributed by atoms with van der Waals surface area (Å²) in [5.74, 6) is -14.3. The number of nitrogens with one attached hydrogen (secondary N) is 3. The van der Waals surface area contributed by atoms with Gasteiger partial charge in [-0.1, -0.05) is 67.9 Å². The second-order valence-electron chi connectivity index (χ2n) is 11.7. The Hall–Kier alpha value is -4.85. The minimum Gasteiger partial charge on any atom is -0.497 e. The molecule has 0 bridgehead atoms. The predicted molar refractivity (Wildman–Crippen MR) is 174 cm³/mol. The number of hydrogen-bond acceptors (Lipinski definition) is 6. The zero-order valence-corrected chi connectivity index (χ0v) is 27.9. The smallest absolute Gasteiger partial charge is 0.405 e. The van der Waals surface area contributed by atoms with Crippen LogP contribution in [0.1, 0.15) is 47.8 Å². The summed E-state index contributed by atoms with van der Waals surface area (Å²) in [7, 11) is 1.39. The summed E-state index contributed by atoms with van der Waals surface area (Å²) < 4.78 is 72.6. The summed E-state index contributed by atoms with van der Waals surface area (Å²) in [5.41, 5.74) is 0.942. The Bertz CT molecular complexity index is 1670. The summed E-state index contributed by atoms with van der Waals surface area (Å²) in [6, 6.07) is 17.4. The Kier molecular flexibility index (Phi) is 13.6. The lowest BCUT2D eigenvalue weighted by Crippen LogP contribution is -2.52. The average molecular weight is 724 g/mol. The third-order valence-electron chi connectivity index (χ3n) is 7.65. The van der Waals surface area contributed by atoms with E-state index in [0.717, 1.165) is 5.32 Å². The fourth-order valence-electron chi connectivity index (χ4n) is 4.93. The number of Topliss-reactive ketones (excluding diaryl/α,β-unsaturated/α-hetero) is 2. The number of rotatable bonds is 16. The molecule has 0 unspecified atom stereocenters. The highest BCUT2D eigenvalue weighted by Crippen LogP contribution is 2.30. The fourth-order valence-corrected chi connectivity index (χ4v) is 5.14. The lowest BCUT2D eigenvalue weighted by Gasteiger charge is -2.27. The predicted octanol–water partition coefficient (Wildman–Crippen LogP) is 5.66. The van der Waals surface area contributed by atoms with E-state index < -0.39 is 78.3 Å². The van der Waals surface area contributed by atoms with Gasteiger partial charge >= 0.3 is 12.1 Å². The van der Waals surface area contributed by atoms with Crippen molar-refractivity contribution in [3.63, 3.8) is 0 Å². The molecule has 0 spiro atoms. The van der Waals surface area contributed by atoms with Crippen molar-refractivity contribution in [3.05, 3.63) is 101 Å². The third kappa shape index (κ3) is 11.1. The first kappa shape index (κ1) is 39.6. The molecule has 9 nitrogen and oxygen atoms in total. The van der Waals surface area contributed by atoms with Crippen molar-refractivity contribution >= 4 is 40.9 Å². The van der Waals surface area contributed by atoms with Crippen LogP contribution < -0.4 is 20.7 Å². The molecule has 3 atom stereocenters. The van der Waals surface area contributed by atoms with E-state index in [-0.39, 0.29) is 17.5 Å². The van der Waals surface area contributed by atoms with Crippen molar-refractivity contribution in [2.45, 2.75) is 50.9 Å². The molecule has 0 saturated carbocycles. The molecular formula is C35H35ClF5N3O6. The molecule has 0 fully saturated rings. The quantitative estimate of drug-likeness (QED) is 0.129. The Morgan fingerprint density at radius 1 is 0.840 bits per heavy atom. The first-order valence-corrected chi connectivity index (χ1v) is 15.6. The van der Waals surface area contributed by atoms with Gasteiger partial charge in [0, 0.05) is 29.3 Å². The van der Waals surface area contributed by atoms with Crippen LogP contribution in [0.25, 0.3) is 0 Å². The topological polar surface area (TPSA) is 131 Å². The van der Waals surface area contributed by atoms with Crippen molar-refractivity contribution in [2.24, 2.45) is 11.8 Å². The van der Waals surface area contributed by atoms with Gasteiger partial charge < -0.3 is 20.7 Å². The van der Waals surface area contributed by atoms with Crippen molar-refractivity contribution < 1.29 is 50.7 Å². The van der Waals surface area contributed by atoms with Crippen LogP contribution in [0.4, 0.5) is 22.0 Å². The fraction of sp³-hybridized carbons (Fsp3) is 0.343. The molecule has 0 aromatic heterocycles. The molecule has 0 aliphatic heterocycles. The van der Waals surface area contributed by atoms with Gasteiger partial charge in [0.15, 0.2) is 5.78 Å². The number of amides is 3. The molecule has 15 heteroatoms. The number of carbonyl (C=O) groups is 5. The average Bonchev–Trinajstić information content (AvgIpc) is 3.07. The highest BCUT2D eigenvalue weighted by atomic mass is 35.5. The maximum absolute atomic E-state index is 14.9. The van der Waals surface area contributed by atoms with E-state index in [0.29, 0.717) is 16.3 Å². The van der Waals surface area contributed by atoms with Crippen molar-refractivity contribution in [3.8, 4) is 5.75 Å². The van der Waals surface area contributed by atoms with Gasteiger partial charge in [0.2, 0.25) is 11.7 Å². The Morgan fingerprint density at radius 2 is 1.48 bits per heavy atom. The van der Waals surface area contributed by atoms with E-state index >= 15 is 0 Å². The van der Waals surface area contributed by atoms with E-state index in [1.54, 1.807) is 42.5 Å². The second-order valence-corrected chi connectivity index (χ2v) is 12.1. The lowest BCUT2D eigenvalue weighted by atomic mass is 9.82. The number of methoxy groups -OCH3 is 1. The molecule has 3 N–H and O–H groups in total. The number of ketones is 2. The Labute approximate surface area is 289 Å². The van der Waals surface area contributed by atoms with Gasteiger partial charge in [0.25, 0.3) is 11.8 Å². The summed E-state index contributed by atoms with van der Waals surface area (Å²) in [6.07, 6.45) is -6.02. The number of carbonyl (C=O) groups excluding carboxylic acids is 5. The van der Waals surface area contributed by atoms with E-state index in [1.165, 1.54) is 57.4 Å². The van der Waals surface area contributed by atoms with Crippen LogP contribution >= 0.6 is 11.6 Å². The standard InChI is InChI=1S/C35H35ClF5N3O6/c1-20(2)26(30(46)35(40,41)33(49)42-19-34(37,38)39)18-28(45)29(22-12-14-25(50-3)15-13-22)44-32(48)27(17-21-8-7-11-24(36)16-21)43-31(47)23-9-5-4-6-10-23/h4-16,20,26-27,29H,17-19H2,1-3H3,(H,42,49)(H,43,47)(H,44,48)/t26-,27-,29-/m0/s1. The zero-order valence-electron chi connectivity index (χ0n) is 27.2. The molecule has 0 aliphatic rings. The third-order valence-corrected chi connectivity index (χ3v) is 7.89. The van der Waals surface area contributed by atoms with Crippen molar-refractivity contribution in [2.75, 3.05) is 13.7 Å². The number of benzene rings is 3. The van der Waals surface area contributed by atoms with Crippen molar-refractivity contribution in [1.29, 1.82) is 0 Å². The molecular weight excluding hydrogens is 689 g/mol. The van der Waals surface area contributed by atoms with Crippen LogP contribution in [0.5, 0.6) is 5.75 Å². The van der Waals surface area contributed by atoms with Gasteiger partial charge in [0.05, 0.1) is 7.11 Å². The first-order chi connectivity index (χ1) is 23.4. The minimum atomic E-state index is -5.02. The molecule has 3 aromatic carbocycles. The van der Waals surface area contributed by atoms with Crippen LogP contribution in [0, 0.1) is 11.8 Å². The lowest BCUT2D eigenvalue weighted by molar-refractivity contribution is -0.167. The van der Waals surface area contributed by atoms with E-state index in [2.05, 4.69) is 10.6 Å². The summed E-state index contributed by atoms with van der Waals surface area (Å²) in [4.78, 5) is 65.8. The Morgan fingerprint density at radius 3 is 2.04 bits per heavy atom. The van der Waals surface area contributed by atoms with Gasteiger partial charge in [-0.05, 0) is 53.4 Å². The summed E-state index contributed by atoms with van der Waals surface area (Å²) >= 11 is 6.13. The normalized spacial score (nSPS) is 13.5. The van der Waals surface area contributed by atoms with Gasteiger partial charge in [0.1, 0.15) is 24.4 Å². The number of hydrogen-bond donors (Lipinski definition) is 3. The molecule has 268 valence electrons. The molecule has 0 saturated heterocycles. The maximum atomic E-state index is 14.9. The summed E-state index contributed by atoms with van der Waals surface area (Å²) in [5, 5.41) is 6.57. The highest BCUT2D eigenvalue weighted by Gasteiger charge is 2.52. The number of alkyl halides is 5. The van der Waals surface area contributed by atoms with Crippen LogP contribution in [-0.2, 0) is 25.6 Å². The van der Waals surface area contributed by atoms with E-state index in [4.69, 9.17) is 16.3 Å². The largest absolute Gasteiger partial charge is 0.497 e. The highest BCUT2D eigenvalue weighted by molar-refractivity contribution is 6.30. The summed E-state index contributed by atoms with van der Waals surface area (Å²) in [6.45, 7) is 0.546. The molecule has 3 amide bonds.